The van der Waals surface area contributed by atoms with Gasteiger partial charge >= 0.3 is 0 Å². The summed E-state index contributed by atoms with van der Waals surface area (Å²) in [6.45, 7) is 5.33. The van der Waals surface area contributed by atoms with Crippen molar-refractivity contribution in [2.24, 2.45) is 0 Å². The Morgan fingerprint density at radius 3 is 2.20 bits per heavy atom. The third-order valence-corrected chi connectivity index (χ3v) is 1.73. The lowest BCUT2D eigenvalue weighted by atomic mass is 10.6. The van der Waals surface area contributed by atoms with E-state index >= 15 is 0 Å². The van der Waals surface area contributed by atoms with Crippen LogP contribution in [0.3, 0.4) is 0 Å². The van der Waals surface area contributed by atoms with Gasteiger partial charge in [0.25, 0.3) is 0 Å². The molecule has 0 amide bonds. The van der Waals surface area contributed by atoms with Gasteiger partial charge in [-0.3, -0.25) is 0 Å². The smallest absolute Gasteiger partial charge is 0.0255 e. The summed E-state index contributed by atoms with van der Waals surface area (Å²) >= 11 is 0. The van der Waals surface area contributed by atoms with Gasteiger partial charge in [-0.1, -0.05) is 6.92 Å². The van der Waals surface area contributed by atoms with Crippen molar-refractivity contribution in [1.82, 2.24) is 15.3 Å². The molecule has 10 heavy (non-hydrogen) atoms. The van der Waals surface area contributed by atoms with E-state index in [9.17, 15) is 0 Å². The average molecular weight is 145 g/mol. The maximum absolute atomic E-state index is 3.11. The van der Waals surface area contributed by atoms with Crippen LogP contribution in [0, 0.1) is 0 Å². The number of hydrogen-bond acceptors (Lipinski definition) is 3. The zero-order chi connectivity index (χ0) is 7.98. The van der Waals surface area contributed by atoms with Gasteiger partial charge in [-0.2, -0.15) is 0 Å². The normalized spacial score (nSPS) is 11.4. The van der Waals surface area contributed by atoms with Gasteiger partial charge in [0, 0.05) is 33.7 Å². The molecule has 0 saturated heterocycles. The molecule has 0 atom stereocenters. The predicted octanol–water partition coefficient (Wildman–Crippen LogP) is 0.00430. The Bertz CT molecular complexity index is 75.3. The van der Waals surface area contributed by atoms with Crippen molar-refractivity contribution in [3.8, 4) is 0 Å². The molecule has 0 aliphatic carbocycles. The van der Waals surface area contributed by atoms with E-state index in [4.69, 9.17) is 0 Å². The fraction of sp³-hybridized carbons (Fsp3) is 1.00. The number of nitrogens with zero attached hydrogens (tertiary/aromatic N) is 2. The molecule has 0 rings (SSSR count). The molecule has 0 aromatic heterocycles. The molecule has 0 fully saturated rings. The summed E-state index contributed by atoms with van der Waals surface area (Å²) in [6.07, 6.45) is 0. The van der Waals surface area contributed by atoms with Crippen LogP contribution < -0.4 is 5.32 Å². The van der Waals surface area contributed by atoms with Crippen LogP contribution in [0.5, 0.6) is 0 Å². The lowest BCUT2D eigenvalue weighted by Gasteiger charge is -2.26. The molecule has 1 N–H and O–H groups in total. The fourth-order valence-electron chi connectivity index (χ4n) is 0.686. The lowest BCUT2D eigenvalue weighted by molar-refractivity contribution is 0.0346. The molecular formula is C7H19N3. The number of hydrazine groups is 1. The first kappa shape index (κ1) is 9.88. The molecule has 0 aliphatic rings. The van der Waals surface area contributed by atoms with Crippen LogP contribution in [0.25, 0.3) is 0 Å². The van der Waals surface area contributed by atoms with E-state index in [1.807, 2.05) is 7.05 Å². The van der Waals surface area contributed by atoms with Crippen molar-refractivity contribution in [2.75, 3.05) is 40.8 Å². The van der Waals surface area contributed by atoms with Gasteiger partial charge in [0.1, 0.15) is 0 Å². The van der Waals surface area contributed by atoms with Crippen molar-refractivity contribution in [2.45, 2.75) is 6.92 Å². The Balaban J connectivity index is 3.31. The minimum atomic E-state index is 1.04. The summed E-state index contributed by atoms with van der Waals surface area (Å²) < 4.78 is 0. The van der Waals surface area contributed by atoms with E-state index in [-0.39, 0.29) is 0 Å². The highest BCUT2D eigenvalue weighted by molar-refractivity contribution is 4.47. The zero-order valence-electron chi connectivity index (χ0n) is 7.52. The molecule has 0 saturated carbocycles. The summed E-state index contributed by atoms with van der Waals surface area (Å²) in [5.41, 5.74) is 0. The molecule has 3 nitrogen and oxygen atoms in total. The van der Waals surface area contributed by atoms with Crippen LogP contribution in [0.4, 0.5) is 0 Å². The summed E-state index contributed by atoms with van der Waals surface area (Å²) in [5, 5.41) is 7.51. The molecule has 0 aromatic carbocycles. The van der Waals surface area contributed by atoms with Gasteiger partial charge < -0.3 is 5.32 Å². The summed E-state index contributed by atoms with van der Waals surface area (Å²) in [6, 6.07) is 0. The third kappa shape index (κ3) is 3.82. The van der Waals surface area contributed by atoms with Crippen molar-refractivity contribution in [1.29, 1.82) is 0 Å². The number of likely N-dealkylation sites (N-methyl/N-ethyl adjacent to an activating group) is 2. The second-order valence-electron chi connectivity index (χ2n) is 2.46. The Labute approximate surface area is 64.0 Å². The predicted molar refractivity (Wildman–Crippen MR) is 44.9 cm³/mol. The van der Waals surface area contributed by atoms with Gasteiger partial charge in [-0.15, -0.1) is 0 Å². The standard InChI is InChI=1S/C7H19N3/c1-5-9(3)10(4)7-6-8-2/h8H,5-7H2,1-4H3. The molecule has 0 aliphatic heterocycles. The van der Waals surface area contributed by atoms with Gasteiger partial charge in [-0.05, 0) is 7.05 Å². The molecule has 0 unspecified atom stereocenters. The van der Waals surface area contributed by atoms with E-state index in [2.05, 4.69) is 36.4 Å². The largest absolute Gasteiger partial charge is 0.318 e. The quantitative estimate of drug-likeness (QED) is 0.550. The molecule has 0 bridgehead atoms. The second-order valence-corrected chi connectivity index (χ2v) is 2.46. The summed E-state index contributed by atoms with van der Waals surface area (Å²) in [4.78, 5) is 0. The fourth-order valence-corrected chi connectivity index (χ4v) is 0.686. The molecule has 0 aromatic rings. The van der Waals surface area contributed by atoms with E-state index in [0.717, 1.165) is 19.6 Å². The molecule has 0 spiro atoms. The Morgan fingerprint density at radius 2 is 1.80 bits per heavy atom. The number of rotatable bonds is 5. The second kappa shape index (κ2) is 5.65. The van der Waals surface area contributed by atoms with Crippen molar-refractivity contribution in [3.05, 3.63) is 0 Å². The monoisotopic (exact) mass is 145 g/mol. The summed E-state index contributed by atoms with van der Waals surface area (Å²) in [7, 11) is 6.16. The Morgan fingerprint density at radius 1 is 1.20 bits per heavy atom. The van der Waals surface area contributed by atoms with E-state index < -0.39 is 0 Å². The third-order valence-electron chi connectivity index (χ3n) is 1.73. The first-order valence-corrected chi connectivity index (χ1v) is 3.79. The first-order chi connectivity index (χ1) is 4.72. The molecule has 0 radical (unpaired) electrons. The van der Waals surface area contributed by atoms with E-state index in [0.29, 0.717) is 0 Å². The van der Waals surface area contributed by atoms with Crippen LogP contribution >= 0.6 is 0 Å². The zero-order valence-corrected chi connectivity index (χ0v) is 7.52. The van der Waals surface area contributed by atoms with Crippen LogP contribution in [0.15, 0.2) is 0 Å². The van der Waals surface area contributed by atoms with Gasteiger partial charge in [0.05, 0.1) is 0 Å². The SMILES string of the molecule is CCN(C)N(C)CCNC. The number of hydrogen-bond donors (Lipinski definition) is 1. The average Bonchev–Trinajstić information content (AvgIpc) is 1.98. The molecule has 3 heteroatoms. The van der Waals surface area contributed by atoms with Gasteiger partial charge in [-0.25, -0.2) is 10.0 Å². The van der Waals surface area contributed by atoms with Crippen LogP contribution in [0.2, 0.25) is 0 Å². The van der Waals surface area contributed by atoms with Crippen LogP contribution in [-0.2, 0) is 0 Å². The Kier molecular flexibility index (Phi) is 5.58. The van der Waals surface area contributed by atoms with Crippen LogP contribution in [0.1, 0.15) is 6.92 Å². The first-order valence-electron chi connectivity index (χ1n) is 3.79. The van der Waals surface area contributed by atoms with Crippen molar-refractivity contribution < 1.29 is 0 Å². The molecule has 62 valence electrons. The van der Waals surface area contributed by atoms with Crippen molar-refractivity contribution in [3.63, 3.8) is 0 Å². The molecular weight excluding hydrogens is 126 g/mol. The highest BCUT2D eigenvalue weighted by Crippen LogP contribution is 1.86. The van der Waals surface area contributed by atoms with E-state index in [1.165, 1.54) is 0 Å². The summed E-state index contributed by atoms with van der Waals surface area (Å²) in [5.74, 6) is 0. The lowest BCUT2D eigenvalue weighted by Crippen LogP contribution is -2.39. The van der Waals surface area contributed by atoms with Gasteiger partial charge in [0.2, 0.25) is 0 Å². The highest BCUT2D eigenvalue weighted by atomic mass is 15.6. The van der Waals surface area contributed by atoms with Gasteiger partial charge in [0.15, 0.2) is 0 Å². The highest BCUT2D eigenvalue weighted by Gasteiger charge is 2.00. The minimum Gasteiger partial charge on any atom is -0.318 e. The minimum absolute atomic E-state index is 1.04. The maximum Gasteiger partial charge on any atom is 0.0255 e. The van der Waals surface area contributed by atoms with E-state index in [1.54, 1.807) is 0 Å². The number of nitrogens with one attached hydrogen (secondary N) is 1. The van der Waals surface area contributed by atoms with Crippen LogP contribution in [-0.4, -0.2) is 50.8 Å². The Hall–Kier alpha value is -0.120. The van der Waals surface area contributed by atoms with Crippen molar-refractivity contribution >= 4 is 0 Å². The molecule has 0 heterocycles. The maximum atomic E-state index is 3.11. The topological polar surface area (TPSA) is 18.5 Å².